The molecule has 0 aromatic heterocycles. The standard InChI is InChI=1S/C25H39N9O7/c26-15(8-10-19(27)35)21(37)32-16(7-4-12-31-25(29)30)22(38)34-18(13-14-5-2-1-3-6-14)23(39)33-17(24(40)41)9-11-20(28)36/h1-3,5-6,15-18H,4,7-13,26H2,(H2,27,35)(H2,28,36)(H,32,37)(H,33,39)(H,34,38)(H,40,41)(H4,29,30,31). The van der Waals surface area contributed by atoms with E-state index >= 15 is 0 Å². The first kappa shape index (κ1) is 34.3. The van der Waals surface area contributed by atoms with Crippen LogP contribution in [0.5, 0.6) is 0 Å². The van der Waals surface area contributed by atoms with E-state index < -0.39 is 59.7 Å². The molecular weight excluding hydrogens is 538 g/mol. The van der Waals surface area contributed by atoms with E-state index in [4.69, 9.17) is 28.7 Å². The molecule has 1 aromatic carbocycles. The number of carboxylic acids is 1. The highest BCUT2D eigenvalue weighted by atomic mass is 16.4. The Morgan fingerprint density at radius 2 is 1.27 bits per heavy atom. The average molecular weight is 578 g/mol. The first-order chi connectivity index (χ1) is 19.3. The first-order valence-corrected chi connectivity index (χ1v) is 12.9. The maximum Gasteiger partial charge on any atom is 0.326 e. The van der Waals surface area contributed by atoms with E-state index in [1.807, 2.05) is 0 Å². The van der Waals surface area contributed by atoms with E-state index in [9.17, 15) is 33.9 Å². The molecule has 0 saturated carbocycles. The van der Waals surface area contributed by atoms with Crippen LogP contribution in [0.3, 0.4) is 0 Å². The van der Waals surface area contributed by atoms with Gasteiger partial charge in [-0.1, -0.05) is 30.3 Å². The van der Waals surface area contributed by atoms with Gasteiger partial charge in [0.1, 0.15) is 18.1 Å². The van der Waals surface area contributed by atoms with Gasteiger partial charge in [-0.3, -0.25) is 29.0 Å². The fourth-order valence-electron chi connectivity index (χ4n) is 3.63. The van der Waals surface area contributed by atoms with E-state index in [-0.39, 0.29) is 57.5 Å². The fourth-order valence-corrected chi connectivity index (χ4v) is 3.63. The van der Waals surface area contributed by atoms with Crippen molar-refractivity contribution in [1.82, 2.24) is 16.0 Å². The molecule has 4 unspecified atom stereocenters. The van der Waals surface area contributed by atoms with Crippen LogP contribution < -0.4 is 44.6 Å². The number of hydrogen-bond donors (Lipinski definition) is 9. The summed E-state index contributed by atoms with van der Waals surface area (Å²) >= 11 is 0. The second-order valence-electron chi connectivity index (χ2n) is 9.28. The zero-order valence-electron chi connectivity index (χ0n) is 22.6. The minimum absolute atomic E-state index is 0.0205. The number of benzene rings is 1. The van der Waals surface area contributed by atoms with E-state index in [0.29, 0.717) is 5.56 Å². The predicted octanol–water partition coefficient (Wildman–Crippen LogP) is -3.32. The van der Waals surface area contributed by atoms with Crippen molar-refractivity contribution >= 4 is 41.5 Å². The van der Waals surface area contributed by atoms with Gasteiger partial charge in [0, 0.05) is 25.8 Å². The van der Waals surface area contributed by atoms with Gasteiger partial charge < -0.3 is 49.7 Å². The second-order valence-corrected chi connectivity index (χ2v) is 9.28. The van der Waals surface area contributed by atoms with Gasteiger partial charge in [0.05, 0.1) is 6.04 Å². The normalized spacial score (nSPS) is 13.5. The molecule has 41 heavy (non-hydrogen) atoms. The van der Waals surface area contributed by atoms with E-state index in [1.165, 1.54) is 0 Å². The molecule has 0 aliphatic rings. The van der Waals surface area contributed by atoms with Crippen molar-refractivity contribution in [1.29, 1.82) is 0 Å². The van der Waals surface area contributed by atoms with Crippen LogP contribution in [0.25, 0.3) is 0 Å². The van der Waals surface area contributed by atoms with Crippen LogP contribution in [0.1, 0.15) is 44.1 Å². The van der Waals surface area contributed by atoms with Gasteiger partial charge in [0.25, 0.3) is 0 Å². The lowest BCUT2D eigenvalue weighted by Crippen LogP contribution is -2.57. The summed E-state index contributed by atoms with van der Waals surface area (Å²) in [6, 6.07) is 3.59. The number of nitrogens with one attached hydrogen (secondary N) is 3. The maximum absolute atomic E-state index is 13.4. The summed E-state index contributed by atoms with van der Waals surface area (Å²) in [5, 5.41) is 16.9. The average Bonchev–Trinajstić information content (AvgIpc) is 2.90. The number of nitrogens with zero attached hydrogens (tertiary/aromatic N) is 1. The monoisotopic (exact) mass is 577 g/mol. The molecule has 0 fully saturated rings. The number of rotatable bonds is 19. The van der Waals surface area contributed by atoms with Crippen molar-refractivity contribution in [2.24, 2.45) is 33.7 Å². The van der Waals surface area contributed by atoms with Crippen molar-refractivity contribution in [3.63, 3.8) is 0 Å². The summed E-state index contributed by atoms with van der Waals surface area (Å²) in [5.74, 6) is -5.26. The van der Waals surface area contributed by atoms with Crippen LogP contribution in [-0.2, 0) is 35.2 Å². The van der Waals surface area contributed by atoms with Gasteiger partial charge in [0.2, 0.25) is 29.5 Å². The molecule has 0 spiro atoms. The maximum atomic E-state index is 13.4. The lowest BCUT2D eigenvalue weighted by atomic mass is 10.0. The van der Waals surface area contributed by atoms with Crippen LogP contribution in [0.15, 0.2) is 35.3 Å². The molecule has 16 heteroatoms. The molecule has 16 nitrogen and oxygen atoms in total. The smallest absolute Gasteiger partial charge is 0.326 e. The van der Waals surface area contributed by atoms with Crippen molar-refractivity contribution in [2.45, 2.75) is 69.1 Å². The van der Waals surface area contributed by atoms with E-state index in [1.54, 1.807) is 30.3 Å². The van der Waals surface area contributed by atoms with Crippen LogP contribution >= 0.6 is 0 Å². The van der Waals surface area contributed by atoms with Crippen molar-refractivity contribution in [2.75, 3.05) is 6.54 Å². The molecule has 226 valence electrons. The Hall–Kier alpha value is -4.73. The first-order valence-electron chi connectivity index (χ1n) is 12.9. The van der Waals surface area contributed by atoms with E-state index in [0.717, 1.165) is 0 Å². The van der Waals surface area contributed by atoms with Gasteiger partial charge in [-0.2, -0.15) is 0 Å². The number of guanidine groups is 1. The Morgan fingerprint density at radius 1 is 0.732 bits per heavy atom. The number of primary amides is 2. The van der Waals surface area contributed by atoms with Gasteiger partial charge in [-0.25, -0.2) is 4.79 Å². The molecule has 1 aromatic rings. The number of aliphatic carboxylic acids is 1. The zero-order chi connectivity index (χ0) is 30.9. The molecule has 0 aliphatic carbocycles. The van der Waals surface area contributed by atoms with Crippen molar-refractivity contribution in [3.8, 4) is 0 Å². The molecule has 0 aliphatic heterocycles. The molecule has 0 heterocycles. The molecule has 1 rings (SSSR count). The summed E-state index contributed by atoms with van der Waals surface area (Å²) in [4.78, 5) is 76.9. The molecule has 0 saturated heterocycles. The molecule has 5 amide bonds. The van der Waals surface area contributed by atoms with Gasteiger partial charge in [0.15, 0.2) is 5.96 Å². The van der Waals surface area contributed by atoms with Crippen LogP contribution in [0.2, 0.25) is 0 Å². The second kappa shape index (κ2) is 17.8. The summed E-state index contributed by atoms with van der Waals surface area (Å²) in [6.07, 6.45) is -0.445. The highest BCUT2D eigenvalue weighted by Gasteiger charge is 2.30. The fraction of sp³-hybridized carbons (Fsp3) is 0.480. The number of nitrogens with two attached hydrogens (primary N) is 5. The number of aliphatic imine (C=N–C) groups is 1. The summed E-state index contributed by atoms with van der Waals surface area (Å²) < 4.78 is 0. The van der Waals surface area contributed by atoms with Crippen molar-refractivity contribution in [3.05, 3.63) is 35.9 Å². The van der Waals surface area contributed by atoms with E-state index in [2.05, 4.69) is 20.9 Å². The molecule has 0 bridgehead atoms. The minimum atomic E-state index is -1.44. The highest BCUT2D eigenvalue weighted by Crippen LogP contribution is 2.08. The minimum Gasteiger partial charge on any atom is -0.480 e. The Morgan fingerprint density at radius 3 is 1.83 bits per heavy atom. The Labute approximate surface area is 236 Å². The summed E-state index contributed by atoms with van der Waals surface area (Å²) in [6.45, 7) is 0.143. The summed E-state index contributed by atoms with van der Waals surface area (Å²) in [7, 11) is 0. The SMILES string of the molecule is NC(=O)CCC(N)C(=O)NC(CCCN=C(N)N)C(=O)NC(Cc1ccccc1)C(=O)NC(CCC(N)=O)C(=O)O. The molecule has 0 radical (unpaired) electrons. The Bertz CT molecular complexity index is 1090. The quantitative estimate of drug-likeness (QED) is 0.0447. The van der Waals surface area contributed by atoms with Gasteiger partial charge in [-0.05, 0) is 31.2 Å². The topological polar surface area (TPSA) is 301 Å². The zero-order valence-corrected chi connectivity index (χ0v) is 22.6. The van der Waals surface area contributed by atoms with Crippen LogP contribution in [0.4, 0.5) is 0 Å². The third-order valence-electron chi connectivity index (χ3n) is 5.83. The largest absolute Gasteiger partial charge is 0.480 e. The molecule has 14 N–H and O–H groups in total. The highest BCUT2D eigenvalue weighted by molar-refractivity contribution is 5.94. The lowest BCUT2D eigenvalue weighted by Gasteiger charge is -2.25. The number of amides is 5. The third kappa shape index (κ3) is 14.3. The Balaban J connectivity index is 3.15. The molecular formula is C25H39N9O7. The predicted molar refractivity (Wildman–Crippen MR) is 148 cm³/mol. The third-order valence-corrected chi connectivity index (χ3v) is 5.83. The Kier molecular flexibility index (Phi) is 14.9. The van der Waals surface area contributed by atoms with Crippen LogP contribution in [0, 0.1) is 0 Å². The lowest BCUT2D eigenvalue weighted by molar-refractivity contribution is -0.142. The number of carbonyl (C=O) groups excluding carboxylic acids is 5. The summed E-state index contributed by atoms with van der Waals surface area (Å²) in [5.41, 5.74) is 27.4. The van der Waals surface area contributed by atoms with Gasteiger partial charge in [-0.15, -0.1) is 0 Å². The molecule has 4 atom stereocenters. The number of carbonyl (C=O) groups is 6. The van der Waals surface area contributed by atoms with Crippen LogP contribution in [-0.4, -0.2) is 77.3 Å². The van der Waals surface area contributed by atoms with Crippen molar-refractivity contribution < 1.29 is 33.9 Å². The number of hydrogen-bond acceptors (Lipinski definition) is 8. The number of carboxylic acid groups (broad SMARTS) is 1. The van der Waals surface area contributed by atoms with Gasteiger partial charge >= 0.3 is 5.97 Å².